The van der Waals surface area contributed by atoms with Gasteiger partial charge in [0.05, 0.1) is 12.8 Å². The smallest absolute Gasteiger partial charge is 0.319 e. The molecule has 25 heavy (non-hydrogen) atoms. The van der Waals surface area contributed by atoms with Gasteiger partial charge < -0.3 is 20.3 Å². The van der Waals surface area contributed by atoms with Crippen molar-refractivity contribution in [3.8, 4) is 5.75 Å². The second-order valence-electron chi connectivity index (χ2n) is 6.66. The zero-order valence-electron chi connectivity index (χ0n) is 15.6. The topological polar surface area (TPSA) is 56.8 Å². The van der Waals surface area contributed by atoms with E-state index in [1.54, 1.807) is 13.2 Å². The number of likely N-dealkylation sites (N-methyl/N-ethyl adjacent to an activating group) is 1. The van der Waals surface area contributed by atoms with Gasteiger partial charge in [0, 0.05) is 49.9 Å². The van der Waals surface area contributed by atoms with E-state index < -0.39 is 0 Å². The first-order chi connectivity index (χ1) is 11.9. The van der Waals surface area contributed by atoms with E-state index in [2.05, 4.69) is 34.4 Å². The van der Waals surface area contributed by atoms with E-state index in [0.717, 1.165) is 38.2 Å². The minimum Gasteiger partial charge on any atom is -0.495 e. The molecular formula is C18H29ClN4O2. The molecule has 140 valence electrons. The van der Waals surface area contributed by atoms with E-state index in [0.29, 0.717) is 29.0 Å². The van der Waals surface area contributed by atoms with E-state index in [4.69, 9.17) is 16.3 Å². The van der Waals surface area contributed by atoms with E-state index >= 15 is 0 Å². The van der Waals surface area contributed by atoms with Crippen LogP contribution in [0.2, 0.25) is 5.02 Å². The Kier molecular flexibility index (Phi) is 7.35. The Morgan fingerprint density at radius 3 is 2.64 bits per heavy atom. The minimum atomic E-state index is -0.231. The van der Waals surface area contributed by atoms with E-state index in [9.17, 15) is 4.79 Å². The van der Waals surface area contributed by atoms with Crippen LogP contribution in [0.5, 0.6) is 5.75 Å². The number of hydrogen-bond acceptors (Lipinski definition) is 4. The molecule has 0 aliphatic carbocycles. The summed E-state index contributed by atoms with van der Waals surface area (Å²) in [4.78, 5) is 17.0. The second kappa shape index (κ2) is 9.27. The van der Waals surface area contributed by atoms with Crippen LogP contribution in [-0.4, -0.2) is 68.8 Å². The van der Waals surface area contributed by atoms with Gasteiger partial charge in [0.15, 0.2) is 0 Å². The SMILES string of the molecule is COc1cc(Cl)c(C)cc1NC(=O)NCC[C@H](C)N1CCN(C)CC1. The first kappa shape index (κ1) is 19.8. The first-order valence-electron chi connectivity index (χ1n) is 8.72. The number of methoxy groups -OCH3 is 1. The number of carbonyl (C=O) groups is 1. The van der Waals surface area contributed by atoms with Crippen molar-refractivity contribution < 1.29 is 9.53 Å². The van der Waals surface area contributed by atoms with Crippen molar-refractivity contribution in [1.29, 1.82) is 0 Å². The molecule has 1 heterocycles. The number of amides is 2. The number of anilines is 1. The molecule has 2 rings (SSSR count). The summed E-state index contributed by atoms with van der Waals surface area (Å²) in [7, 11) is 3.71. The van der Waals surface area contributed by atoms with Crippen molar-refractivity contribution >= 4 is 23.3 Å². The predicted octanol–water partition coefficient (Wildman–Crippen LogP) is 2.80. The number of aryl methyl sites for hydroxylation is 1. The molecule has 1 aromatic carbocycles. The molecule has 1 fully saturated rings. The van der Waals surface area contributed by atoms with Gasteiger partial charge in [-0.05, 0) is 38.9 Å². The lowest BCUT2D eigenvalue weighted by atomic mass is 10.1. The lowest BCUT2D eigenvalue weighted by Crippen LogP contribution is -2.48. The highest BCUT2D eigenvalue weighted by Gasteiger charge is 2.19. The zero-order chi connectivity index (χ0) is 18.4. The standard InChI is InChI=1S/C18H29ClN4O2/c1-13-11-16(17(25-4)12-15(13)19)21-18(24)20-6-5-14(2)23-9-7-22(3)8-10-23/h11-12,14H,5-10H2,1-4H3,(H2,20,21,24)/t14-/m0/s1. The Balaban J connectivity index is 1.78. The number of benzene rings is 1. The molecule has 0 unspecified atom stereocenters. The van der Waals surface area contributed by atoms with Crippen LogP contribution in [0.1, 0.15) is 18.9 Å². The van der Waals surface area contributed by atoms with Gasteiger partial charge in [0.2, 0.25) is 0 Å². The van der Waals surface area contributed by atoms with Crippen LogP contribution in [0.3, 0.4) is 0 Å². The zero-order valence-corrected chi connectivity index (χ0v) is 16.3. The molecule has 7 heteroatoms. The fraction of sp³-hybridized carbons (Fsp3) is 0.611. The monoisotopic (exact) mass is 368 g/mol. The summed E-state index contributed by atoms with van der Waals surface area (Å²) in [5.41, 5.74) is 1.51. The summed E-state index contributed by atoms with van der Waals surface area (Å²) in [6, 6.07) is 3.75. The third kappa shape index (κ3) is 5.76. The predicted molar refractivity (Wildman–Crippen MR) is 103 cm³/mol. The Morgan fingerprint density at radius 1 is 1.32 bits per heavy atom. The molecule has 2 amide bonds. The number of nitrogens with one attached hydrogen (secondary N) is 2. The van der Waals surface area contributed by atoms with E-state index in [-0.39, 0.29) is 6.03 Å². The average molecular weight is 369 g/mol. The molecule has 1 aromatic rings. The van der Waals surface area contributed by atoms with Gasteiger partial charge in [-0.1, -0.05) is 11.6 Å². The van der Waals surface area contributed by atoms with Gasteiger partial charge in [-0.3, -0.25) is 4.90 Å². The van der Waals surface area contributed by atoms with Crippen LogP contribution in [-0.2, 0) is 0 Å². The van der Waals surface area contributed by atoms with Gasteiger partial charge in [-0.15, -0.1) is 0 Å². The van der Waals surface area contributed by atoms with Gasteiger partial charge in [-0.25, -0.2) is 4.79 Å². The molecular weight excluding hydrogens is 340 g/mol. The maximum atomic E-state index is 12.1. The lowest BCUT2D eigenvalue weighted by molar-refractivity contribution is 0.115. The maximum Gasteiger partial charge on any atom is 0.319 e. The van der Waals surface area contributed by atoms with Crippen molar-refractivity contribution in [2.24, 2.45) is 0 Å². The molecule has 0 spiro atoms. The summed E-state index contributed by atoms with van der Waals surface area (Å²) < 4.78 is 5.28. The van der Waals surface area contributed by atoms with Crippen molar-refractivity contribution in [3.63, 3.8) is 0 Å². The number of hydrogen-bond donors (Lipinski definition) is 2. The summed E-state index contributed by atoms with van der Waals surface area (Å²) in [5.74, 6) is 0.552. The number of carbonyl (C=O) groups excluding carboxylic acids is 1. The highest BCUT2D eigenvalue weighted by molar-refractivity contribution is 6.31. The number of ether oxygens (including phenoxy) is 1. The van der Waals surface area contributed by atoms with Gasteiger partial charge in [0.25, 0.3) is 0 Å². The molecule has 1 saturated heterocycles. The number of urea groups is 1. The maximum absolute atomic E-state index is 12.1. The molecule has 1 aliphatic heterocycles. The van der Waals surface area contributed by atoms with Crippen molar-refractivity contribution in [3.05, 3.63) is 22.7 Å². The molecule has 0 saturated carbocycles. The molecule has 0 bridgehead atoms. The Morgan fingerprint density at radius 2 is 2.00 bits per heavy atom. The lowest BCUT2D eigenvalue weighted by Gasteiger charge is -2.36. The Bertz CT molecular complexity index is 589. The normalized spacial score (nSPS) is 17.2. The molecule has 2 N–H and O–H groups in total. The number of piperazine rings is 1. The van der Waals surface area contributed by atoms with Crippen LogP contribution < -0.4 is 15.4 Å². The highest BCUT2D eigenvalue weighted by Crippen LogP contribution is 2.30. The Labute approximate surface area is 155 Å². The molecule has 1 aliphatic rings. The summed E-state index contributed by atoms with van der Waals surface area (Å²) in [5, 5.41) is 6.37. The molecule has 1 atom stereocenters. The summed E-state index contributed by atoms with van der Waals surface area (Å²) in [6.07, 6.45) is 0.925. The Hall–Kier alpha value is -1.50. The summed E-state index contributed by atoms with van der Waals surface area (Å²) in [6.45, 7) is 9.13. The molecule has 6 nitrogen and oxygen atoms in total. The van der Waals surface area contributed by atoms with Crippen LogP contribution in [0, 0.1) is 6.92 Å². The number of rotatable bonds is 6. The fourth-order valence-corrected chi connectivity index (χ4v) is 3.09. The number of halogens is 1. The van der Waals surface area contributed by atoms with Crippen molar-refractivity contribution in [1.82, 2.24) is 15.1 Å². The molecule has 0 aromatic heterocycles. The minimum absolute atomic E-state index is 0.231. The second-order valence-corrected chi connectivity index (χ2v) is 7.07. The third-order valence-corrected chi connectivity index (χ3v) is 5.15. The van der Waals surface area contributed by atoms with Gasteiger partial charge in [0.1, 0.15) is 5.75 Å². The van der Waals surface area contributed by atoms with E-state index in [1.807, 2.05) is 13.0 Å². The molecule has 0 radical (unpaired) electrons. The summed E-state index contributed by atoms with van der Waals surface area (Å²) >= 11 is 6.09. The van der Waals surface area contributed by atoms with E-state index in [1.165, 1.54) is 0 Å². The van der Waals surface area contributed by atoms with Crippen LogP contribution in [0.15, 0.2) is 12.1 Å². The third-order valence-electron chi connectivity index (χ3n) is 4.74. The van der Waals surface area contributed by atoms with Gasteiger partial charge >= 0.3 is 6.03 Å². The van der Waals surface area contributed by atoms with Crippen molar-refractivity contribution in [2.45, 2.75) is 26.3 Å². The number of nitrogens with zero attached hydrogens (tertiary/aromatic N) is 2. The van der Waals surface area contributed by atoms with Crippen LogP contribution >= 0.6 is 11.6 Å². The van der Waals surface area contributed by atoms with Crippen LogP contribution in [0.25, 0.3) is 0 Å². The highest BCUT2D eigenvalue weighted by atomic mass is 35.5. The first-order valence-corrected chi connectivity index (χ1v) is 9.10. The quantitative estimate of drug-likeness (QED) is 0.810. The van der Waals surface area contributed by atoms with Crippen molar-refractivity contribution in [2.75, 3.05) is 52.2 Å². The average Bonchev–Trinajstić information content (AvgIpc) is 2.58. The fourth-order valence-electron chi connectivity index (χ4n) is 2.94. The largest absolute Gasteiger partial charge is 0.495 e. The van der Waals surface area contributed by atoms with Crippen LogP contribution in [0.4, 0.5) is 10.5 Å². The van der Waals surface area contributed by atoms with Gasteiger partial charge in [-0.2, -0.15) is 0 Å².